The number of likely N-dealkylation sites (tertiary alicyclic amines) is 1. The molecule has 0 unspecified atom stereocenters. The summed E-state index contributed by atoms with van der Waals surface area (Å²) in [7, 11) is 3.32. The van der Waals surface area contributed by atoms with E-state index in [1.54, 1.807) is 24.9 Å². The molecule has 1 saturated heterocycles. The number of fused-ring (bicyclic) bond motifs is 2. The van der Waals surface area contributed by atoms with Gasteiger partial charge in [0, 0.05) is 56.6 Å². The van der Waals surface area contributed by atoms with Crippen molar-refractivity contribution in [3.05, 3.63) is 94.1 Å². The SMILES string of the molecule is C/N=c1/c2cc(-c3cccc(-c4cccc5c4CC[C@@H]5Oc4ccc(CN5CC[C@@H](O)C5)c(OC)n4)c3C)oc2c(C#N)cn1CCO. The van der Waals surface area contributed by atoms with Gasteiger partial charge in [-0.2, -0.15) is 10.2 Å². The van der Waals surface area contributed by atoms with Crippen LogP contribution in [-0.4, -0.2) is 64.6 Å². The largest absolute Gasteiger partial charge is 0.481 e. The van der Waals surface area contributed by atoms with E-state index < -0.39 is 0 Å². The minimum atomic E-state index is -0.274. The lowest BCUT2D eigenvalue weighted by Crippen LogP contribution is -2.23. The summed E-state index contributed by atoms with van der Waals surface area (Å²) < 4.78 is 20.3. The molecule has 3 aromatic heterocycles. The van der Waals surface area contributed by atoms with Crippen LogP contribution in [0.4, 0.5) is 0 Å². The number of nitriles is 1. The monoisotopic (exact) mass is 645 g/mol. The number of aromatic nitrogens is 2. The van der Waals surface area contributed by atoms with Gasteiger partial charge >= 0.3 is 0 Å². The second-order valence-corrected chi connectivity index (χ2v) is 12.5. The van der Waals surface area contributed by atoms with Crippen LogP contribution in [0.15, 0.2) is 70.2 Å². The van der Waals surface area contributed by atoms with E-state index in [-0.39, 0.29) is 18.8 Å². The van der Waals surface area contributed by atoms with Crippen LogP contribution in [0.25, 0.3) is 33.4 Å². The molecule has 0 bridgehead atoms. The first-order valence-electron chi connectivity index (χ1n) is 16.4. The Hall–Kier alpha value is -4.95. The molecular weight excluding hydrogens is 606 g/mol. The summed E-state index contributed by atoms with van der Waals surface area (Å²) in [5, 5.41) is 30.1. The number of rotatable bonds is 9. The first-order valence-corrected chi connectivity index (χ1v) is 16.4. The Balaban J connectivity index is 1.19. The number of β-amino-alcohol motifs (C(OH)–C–C–N with tert-alkyl or cyclic N) is 1. The van der Waals surface area contributed by atoms with Gasteiger partial charge in [0.2, 0.25) is 11.8 Å². The Morgan fingerprint density at radius 2 is 1.92 bits per heavy atom. The third-order valence-electron chi connectivity index (χ3n) is 9.56. The van der Waals surface area contributed by atoms with Crippen LogP contribution in [0.1, 0.15) is 46.8 Å². The standard InChI is InChI=1S/C38H39N5O5/c1-23-27(6-4-7-28(23)34-18-32-36(48-34)25(19-39)21-43(16-17-44)37(32)40-2)29-8-5-9-31-30(29)11-12-33(31)47-35-13-10-24(38(41-35)46-3)20-42-15-14-26(45)22-42/h4-10,13,18,21,26,33,44-45H,11-12,14-17,20,22H2,1-3H3/b40-37-/t26-,33+/m1/s1. The Morgan fingerprint density at radius 1 is 1.10 bits per heavy atom. The summed E-state index contributed by atoms with van der Waals surface area (Å²) in [6, 6.07) is 20.7. The molecule has 1 fully saturated rings. The highest BCUT2D eigenvalue weighted by Crippen LogP contribution is 2.43. The highest BCUT2D eigenvalue weighted by molar-refractivity contribution is 5.88. The Bertz CT molecular complexity index is 2110. The van der Waals surface area contributed by atoms with Crippen molar-refractivity contribution in [3.63, 3.8) is 0 Å². The molecular formula is C38H39N5O5. The number of pyridine rings is 2. The Kier molecular flexibility index (Phi) is 8.75. The fraction of sp³-hybridized carbons (Fsp3) is 0.342. The van der Waals surface area contributed by atoms with E-state index in [0.29, 0.717) is 53.8 Å². The third kappa shape index (κ3) is 5.75. The van der Waals surface area contributed by atoms with E-state index in [4.69, 9.17) is 18.9 Å². The molecule has 1 aliphatic carbocycles. The maximum atomic E-state index is 9.91. The number of methoxy groups -OCH3 is 1. The average molecular weight is 646 g/mol. The molecule has 0 amide bonds. The van der Waals surface area contributed by atoms with Gasteiger partial charge in [-0.1, -0.05) is 36.4 Å². The molecule has 2 aliphatic rings. The Morgan fingerprint density at radius 3 is 2.67 bits per heavy atom. The lowest BCUT2D eigenvalue weighted by atomic mass is 9.91. The maximum absolute atomic E-state index is 9.91. The van der Waals surface area contributed by atoms with Gasteiger partial charge in [-0.25, -0.2) is 0 Å². The summed E-state index contributed by atoms with van der Waals surface area (Å²) in [6.07, 6.45) is 3.76. The molecule has 2 aromatic carbocycles. The van der Waals surface area contributed by atoms with Crippen molar-refractivity contribution >= 4 is 11.0 Å². The van der Waals surface area contributed by atoms with Crippen molar-refractivity contribution in [3.8, 4) is 40.3 Å². The van der Waals surface area contributed by atoms with E-state index in [1.165, 1.54) is 5.56 Å². The van der Waals surface area contributed by atoms with Crippen LogP contribution in [-0.2, 0) is 19.5 Å². The van der Waals surface area contributed by atoms with Crippen molar-refractivity contribution in [2.45, 2.75) is 51.5 Å². The second-order valence-electron chi connectivity index (χ2n) is 12.5. The first kappa shape index (κ1) is 31.6. The summed E-state index contributed by atoms with van der Waals surface area (Å²) in [5.41, 5.74) is 9.19. The van der Waals surface area contributed by atoms with Crippen LogP contribution in [0.2, 0.25) is 0 Å². The quantitative estimate of drug-likeness (QED) is 0.221. The minimum Gasteiger partial charge on any atom is -0.481 e. The van der Waals surface area contributed by atoms with Gasteiger partial charge in [0.1, 0.15) is 29.0 Å². The maximum Gasteiger partial charge on any atom is 0.220 e. The molecule has 0 spiro atoms. The molecule has 48 heavy (non-hydrogen) atoms. The topological polar surface area (TPSA) is 129 Å². The zero-order valence-corrected chi connectivity index (χ0v) is 27.4. The number of aliphatic hydroxyl groups excluding tert-OH is 2. The number of ether oxygens (including phenoxy) is 2. The van der Waals surface area contributed by atoms with E-state index in [1.807, 2.05) is 30.3 Å². The molecule has 10 nitrogen and oxygen atoms in total. The van der Waals surface area contributed by atoms with Gasteiger partial charge in [0.25, 0.3) is 0 Å². The van der Waals surface area contributed by atoms with E-state index >= 15 is 0 Å². The number of benzene rings is 2. The van der Waals surface area contributed by atoms with Gasteiger partial charge in [-0.15, -0.1) is 0 Å². The van der Waals surface area contributed by atoms with Crippen molar-refractivity contribution in [2.24, 2.45) is 4.99 Å². The summed E-state index contributed by atoms with van der Waals surface area (Å²) in [5.74, 6) is 1.73. The summed E-state index contributed by atoms with van der Waals surface area (Å²) in [4.78, 5) is 11.4. The molecule has 5 aromatic rings. The summed E-state index contributed by atoms with van der Waals surface area (Å²) >= 11 is 0. The molecule has 1 aliphatic heterocycles. The minimum absolute atomic E-state index is 0.0645. The van der Waals surface area contributed by atoms with Crippen LogP contribution in [0.5, 0.6) is 11.8 Å². The van der Waals surface area contributed by atoms with Gasteiger partial charge in [-0.05, 0) is 66.1 Å². The molecule has 0 radical (unpaired) electrons. The number of aliphatic hydroxyl groups is 2. The van der Waals surface area contributed by atoms with Crippen LogP contribution in [0, 0.1) is 18.3 Å². The Labute approximate surface area is 279 Å². The molecule has 2 N–H and O–H groups in total. The predicted molar refractivity (Wildman–Crippen MR) is 181 cm³/mol. The molecule has 0 saturated carbocycles. The molecule has 2 atom stereocenters. The van der Waals surface area contributed by atoms with Crippen molar-refractivity contribution < 1.29 is 24.1 Å². The smallest absolute Gasteiger partial charge is 0.220 e. The van der Waals surface area contributed by atoms with Crippen LogP contribution < -0.4 is 15.0 Å². The molecule has 10 heteroatoms. The van der Waals surface area contributed by atoms with Crippen molar-refractivity contribution in [2.75, 3.05) is 33.9 Å². The number of furan rings is 1. The fourth-order valence-electron chi connectivity index (χ4n) is 7.27. The van der Waals surface area contributed by atoms with Gasteiger partial charge in [-0.3, -0.25) is 9.89 Å². The molecule has 246 valence electrons. The first-order chi connectivity index (χ1) is 23.4. The van der Waals surface area contributed by atoms with E-state index in [0.717, 1.165) is 64.6 Å². The van der Waals surface area contributed by atoms with Gasteiger partial charge in [0.15, 0.2) is 5.58 Å². The second kappa shape index (κ2) is 13.3. The number of hydrogen-bond acceptors (Lipinski definition) is 9. The summed E-state index contributed by atoms with van der Waals surface area (Å²) in [6.45, 7) is 4.55. The number of nitrogens with zero attached hydrogens (tertiary/aromatic N) is 5. The molecule has 4 heterocycles. The fourth-order valence-corrected chi connectivity index (χ4v) is 7.27. The van der Waals surface area contributed by atoms with Gasteiger partial charge in [0.05, 0.1) is 25.2 Å². The zero-order chi connectivity index (χ0) is 33.4. The lowest BCUT2D eigenvalue weighted by molar-refractivity contribution is 0.174. The predicted octanol–water partition coefficient (Wildman–Crippen LogP) is 5.31. The van der Waals surface area contributed by atoms with Gasteiger partial charge < -0.3 is 28.7 Å². The van der Waals surface area contributed by atoms with Crippen LogP contribution in [0.3, 0.4) is 0 Å². The normalized spacial score (nSPS) is 18.0. The molecule has 7 rings (SSSR count). The van der Waals surface area contributed by atoms with Crippen molar-refractivity contribution in [1.29, 1.82) is 5.26 Å². The van der Waals surface area contributed by atoms with E-state index in [2.05, 4.69) is 47.2 Å². The van der Waals surface area contributed by atoms with Crippen LogP contribution >= 0.6 is 0 Å². The van der Waals surface area contributed by atoms with Crippen molar-refractivity contribution in [1.82, 2.24) is 14.5 Å². The van der Waals surface area contributed by atoms with E-state index in [9.17, 15) is 15.5 Å². The lowest BCUT2D eigenvalue weighted by Gasteiger charge is -2.19. The third-order valence-corrected chi connectivity index (χ3v) is 9.56. The number of hydrogen-bond donors (Lipinski definition) is 2. The highest BCUT2D eigenvalue weighted by atomic mass is 16.5. The highest BCUT2D eigenvalue weighted by Gasteiger charge is 2.28. The zero-order valence-electron chi connectivity index (χ0n) is 27.4. The average Bonchev–Trinajstić information content (AvgIpc) is 3.84.